The number of amides is 4. The summed E-state index contributed by atoms with van der Waals surface area (Å²) in [6.45, 7) is 1.97. The maximum absolute atomic E-state index is 13.4. The first kappa shape index (κ1) is 29.0. The van der Waals surface area contributed by atoms with E-state index in [-0.39, 0.29) is 23.9 Å². The van der Waals surface area contributed by atoms with E-state index in [9.17, 15) is 19.2 Å². The van der Waals surface area contributed by atoms with E-state index >= 15 is 0 Å². The Bertz CT molecular complexity index is 1670. The van der Waals surface area contributed by atoms with Crippen molar-refractivity contribution in [2.75, 3.05) is 10.2 Å². The van der Waals surface area contributed by atoms with Crippen molar-refractivity contribution in [2.24, 2.45) is 0 Å². The van der Waals surface area contributed by atoms with Gasteiger partial charge in [-0.1, -0.05) is 70.0 Å². The molecule has 0 saturated carbocycles. The molecule has 1 saturated heterocycles. The van der Waals surface area contributed by atoms with Crippen molar-refractivity contribution in [2.45, 2.75) is 23.5 Å². The molecule has 0 aliphatic carbocycles. The number of hydrogen-bond acceptors (Lipinski definition) is 5. The Morgan fingerprint density at radius 2 is 1.62 bits per heavy atom. The lowest BCUT2D eigenvalue weighted by atomic mass is 10.1. The van der Waals surface area contributed by atoms with Gasteiger partial charge in [-0.05, 0) is 73.2 Å². The van der Waals surface area contributed by atoms with E-state index < -0.39 is 17.1 Å². The Morgan fingerprint density at radius 3 is 2.33 bits per heavy atom. The number of hydrogen-bond donors (Lipinski definition) is 2. The van der Waals surface area contributed by atoms with Crippen LogP contribution in [0.5, 0.6) is 0 Å². The number of carbonyl (C=O) groups excluding carboxylic acids is 4. The summed E-state index contributed by atoms with van der Waals surface area (Å²) in [5.41, 5.74) is 3.34. The second kappa shape index (κ2) is 13.0. The molecule has 0 spiro atoms. The molecule has 42 heavy (non-hydrogen) atoms. The standard InChI is InChI=1S/C33H26BrN3O4S/c1-21-10-12-22(13-11-21)18-28(36-31(39)23-6-3-2-4-7-23)32(40)35-25-8-5-9-27(19-25)42-29-20-30(38)37(33(29)41)26-16-14-24(34)15-17-26/h2-19,29H,20H2,1H3,(H,35,40)(H,36,39)/b28-18-/t29-/m1/s1. The van der Waals surface area contributed by atoms with E-state index in [1.807, 2.05) is 43.3 Å². The summed E-state index contributed by atoms with van der Waals surface area (Å²) in [7, 11) is 0. The van der Waals surface area contributed by atoms with Crippen LogP contribution >= 0.6 is 27.7 Å². The maximum atomic E-state index is 13.4. The lowest BCUT2D eigenvalue weighted by molar-refractivity contribution is -0.121. The summed E-state index contributed by atoms with van der Waals surface area (Å²) in [5, 5.41) is 5.00. The minimum atomic E-state index is -0.589. The summed E-state index contributed by atoms with van der Waals surface area (Å²) >= 11 is 4.64. The van der Waals surface area contributed by atoms with Crippen LogP contribution in [-0.4, -0.2) is 28.9 Å². The Morgan fingerprint density at radius 1 is 0.905 bits per heavy atom. The van der Waals surface area contributed by atoms with Gasteiger partial charge in [-0.2, -0.15) is 0 Å². The molecule has 4 aromatic carbocycles. The molecule has 0 bridgehead atoms. The number of imide groups is 1. The molecule has 5 rings (SSSR count). The molecule has 0 radical (unpaired) electrons. The van der Waals surface area contributed by atoms with Crippen LogP contribution < -0.4 is 15.5 Å². The smallest absolute Gasteiger partial charge is 0.272 e. The molecule has 4 amide bonds. The van der Waals surface area contributed by atoms with E-state index in [2.05, 4.69) is 26.6 Å². The van der Waals surface area contributed by atoms with Crippen LogP contribution in [-0.2, 0) is 14.4 Å². The van der Waals surface area contributed by atoms with Gasteiger partial charge in [0, 0.05) is 27.0 Å². The minimum absolute atomic E-state index is 0.0745. The van der Waals surface area contributed by atoms with Gasteiger partial charge in [0.15, 0.2) is 0 Å². The highest BCUT2D eigenvalue weighted by Crippen LogP contribution is 2.35. The van der Waals surface area contributed by atoms with Crippen LogP contribution in [0.1, 0.15) is 27.9 Å². The fourth-order valence-corrected chi connectivity index (χ4v) is 5.72. The first-order valence-corrected chi connectivity index (χ1v) is 14.8. The number of anilines is 2. The van der Waals surface area contributed by atoms with Crippen molar-refractivity contribution in [3.8, 4) is 0 Å². The summed E-state index contributed by atoms with van der Waals surface area (Å²) < 4.78 is 0.853. The highest BCUT2D eigenvalue weighted by molar-refractivity contribution is 9.10. The lowest BCUT2D eigenvalue weighted by Gasteiger charge is -2.15. The maximum Gasteiger partial charge on any atom is 0.272 e. The van der Waals surface area contributed by atoms with Gasteiger partial charge in [0.2, 0.25) is 11.8 Å². The van der Waals surface area contributed by atoms with Crippen molar-refractivity contribution in [3.63, 3.8) is 0 Å². The zero-order chi connectivity index (χ0) is 29.6. The van der Waals surface area contributed by atoms with Gasteiger partial charge >= 0.3 is 0 Å². The van der Waals surface area contributed by atoms with Crippen LogP contribution in [0.25, 0.3) is 6.08 Å². The van der Waals surface area contributed by atoms with Crippen LogP contribution in [0.4, 0.5) is 11.4 Å². The molecule has 1 heterocycles. The first-order chi connectivity index (χ1) is 20.3. The molecule has 1 aliphatic rings. The summed E-state index contributed by atoms with van der Waals surface area (Å²) in [6.07, 6.45) is 1.69. The van der Waals surface area contributed by atoms with E-state index in [1.54, 1.807) is 72.8 Å². The van der Waals surface area contributed by atoms with Crippen molar-refractivity contribution < 1.29 is 19.2 Å². The van der Waals surface area contributed by atoms with E-state index in [1.165, 1.54) is 16.7 Å². The molecular weight excluding hydrogens is 614 g/mol. The van der Waals surface area contributed by atoms with Gasteiger partial charge in [-0.15, -0.1) is 11.8 Å². The molecular formula is C33H26BrN3O4S. The molecule has 4 aromatic rings. The third-order valence-electron chi connectivity index (χ3n) is 6.48. The monoisotopic (exact) mass is 639 g/mol. The molecule has 7 nitrogen and oxygen atoms in total. The molecule has 1 aliphatic heterocycles. The topological polar surface area (TPSA) is 95.6 Å². The second-order valence-corrected chi connectivity index (χ2v) is 11.8. The summed E-state index contributed by atoms with van der Waals surface area (Å²) in [5.74, 6) is -1.46. The number of nitrogens with one attached hydrogen (secondary N) is 2. The SMILES string of the molecule is Cc1ccc(/C=C(\NC(=O)c2ccccc2)C(=O)Nc2cccc(S[C@@H]3CC(=O)N(c4ccc(Br)cc4)C3=O)c2)cc1. The number of rotatable bonds is 8. The number of nitrogens with zero attached hydrogens (tertiary/aromatic N) is 1. The number of carbonyl (C=O) groups is 4. The third-order valence-corrected chi connectivity index (χ3v) is 8.19. The second-order valence-electron chi connectivity index (χ2n) is 9.63. The molecule has 0 aromatic heterocycles. The van der Waals surface area contributed by atoms with Gasteiger partial charge in [0.25, 0.3) is 11.8 Å². The van der Waals surface area contributed by atoms with Gasteiger partial charge in [0.05, 0.1) is 10.9 Å². The largest absolute Gasteiger partial charge is 0.321 e. The van der Waals surface area contributed by atoms with E-state index in [4.69, 9.17) is 0 Å². The molecule has 1 atom stereocenters. The number of aryl methyl sites for hydroxylation is 1. The van der Waals surface area contributed by atoms with Crippen LogP contribution in [0.15, 0.2) is 118 Å². The molecule has 0 unspecified atom stereocenters. The number of benzene rings is 4. The predicted molar refractivity (Wildman–Crippen MR) is 169 cm³/mol. The van der Waals surface area contributed by atoms with Gasteiger partial charge < -0.3 is 10.6 Å². The minimum Gasteiger partial charge on any atom is -0.321 e. The van der Waals surface area contributed by atoms with Gasteiger partial charge in [0.1, 0.15) is 5.70 Å². The number of thioether (sulfide) groups is 1. The van der Waals surface area contributed by atoms with E-state index in [0.717, 1.165) is 15.6 Å². The van der Waals surface area contributed by atoms with Crippen molar-refractivity contribution in [1.29, 1.82) is 0 Å². The molecule has 1 fully saturated rings. The number of halogens is 1. The predicted octanol–water partition coefficient (Wildman–Crippen LogP) is 6.59. The zero-order valence-corrected chi connectivity index (χ0v) is 24.9. The van der Waals surface area contributed by atoms with Crippen molar-refractivity contribution in [1.82, 2.24) is 5.32 Å². The average Bonchev–Trinajstić information content (AvgIpc) is 3.26. The molecule has 9 heteroatoms. The van der Waals surface area contributed by atoms with Gasteiger partial charge in [-0.25, -0.2) is 4.90 Å². The van der Waals surface area contributed by atoms with Crippen molar-refractivity contribution >= 4 is 68.8 Å². The molecule has 2 N–H and O–H groups in total. The first-order valence-electron chi connectivity index (χ1n) is 13.1. The van der Waals surface area contributed by atoms with Crippen LogP contribution in [0.2, 0.25) is 0 Å². The fraction of sp³-hybridized carbons (Fsp3) is 0.0909. The molecule has 210 valence electrons. The quantitative estimate of drug-likeness (QED) is 0.167. The Hall–Kier alpha value is -4.47. The summed E-state index contributed by atoms with van der Waals surface area (Å²) in [4.78, 5) is 54.1. The van der Waals surface area contributed by atoms with Gasteiger partial charge in [-0.3, -0.25) is 19.2 Å². The average molecular weight is 641 g/mol. The zero-order valence-electron chi connectivity index (χ0n) is 22.5. The Kier molecular flexibility index (Phi) is 9.00. The fourth-order valence-electron chi connectivity index (χ4n) is 4.34. The van der Waals surface area contributed by atoms with Crippen LogP contribution in [0, 0.1) is 6.92 Å². The highest BCUT2D eigenvalue weighted by atomic mass is 79.9. The highest BCUT2D eigenvalue weighted by Gasteiger charge is 2.40. The lowest BCUT2D eigenvalue weighted by Crippen LogP contribution is -2.31. The van der Waals surface area contributed by atoms with Crippen molar-refractivity contribution in [3.05, 3.63) is 130 Å². The normalized spacial score (nSPS) is 15.0. The summed E-state index contributed by atoms with van der Waals surface area (Å²) in [6, 6.07) is 30.3. The Labute approximate surface area is 256 Å². The van der Waals surface area contributed by atoms with E-state index in [0.29, 0.717) is 21.8 Å². The van der Waals surface area contributed by atoms with Crippen LogP contribution in [0.3, 0.4) is 0 Å². The Balaban J connectivity index is 1.32. The third kappa shape index (κ3) is 7.05.